The Kier molecular flexibility index (Phi) is 7.25. The molecule has 1 aromatic carbocycles. The van der Waals surface area contributed by atoms with Gasteiger partial charge in [0.1, 0.15) is 6.61 Å². The molecular formula is C22H26N2O. The Morgan fingerprint density at radius 1 is 1.08 bits per heavy atom. The van der Waals surface area contributed by atoms with Crippen molar-refractivity contribution in [3.05, 3.63) is 71.9 Å². The second kappa shape index (κ2) is 9.66. The van der Waals surface area contributed by atoms with Crippen molar-refractivity contribution in [2.24, 2.45) is 5.41 Å². The van der Waals surface area contributed by atoms with Gasteiger partial charge in [0.2, 0.25) is 5.88 Å². The summed E-state index contributed by atoms with van der Waals surface area (Å²) in [6, 6.07) is 15.9. The smallest absolute Gasteiger partial charge is 0.213 e. The number of nitrogens with one attached hydrogen (secondary N) is 1. The van der Waals surface area contributed by atoms with E-state index in [-0.39, 0.29) is 5.41 Å². The summed E-state index contributed by atoms with van der Waals surface area (Å²) >= 11 is 0. The highest BCUT2D eigenvalue weighted by atomic mass is 16.5. The third-order valence-electron chi connectivity index (χ3n) is 3.23. The molecule has 1 N–H and O–H groups in total. The third-order valence-corrected chi connectivity index (χ3v) is 3.23. The number of rotatable bonds is 7. The van der Waals surface area contributed by atoms with Gasteiger partial charge in [0.15, 0.2) is 0 Å². The molecule has 0 saturated heterocycles. The highest BCUT2D eigenvalue weighted by Crippen LogP contribution is 2.11. The molecule has 0 unspecified atom stereocenters. The summed E-state index contributed by atoms with van der Waals surface area (Å²) in [5.41, 5.74) is 2.14. The van der Waals surface area contributed by atoms with Crippen LogP contribution in [0.5, 0.6) is 5.88 Å². The summed E-state index contributed by atoms with van der Waals surface area (Å²) in [5, 5.41) is 3.33. The van der Waals surface area contributed by atoms with Gasteiger partial charge in [-0.05, 0) is 38.5 Å². The van der Waals surface area contributed by atoms with Crippen molar-refractivity contribution in [2.45, 2.75) is 33.9 Å². The van der Waals surface area contributed by atoms with Crippen LogP contribution in [0.25, 0.3) is 0 Å². The fraction of sp³-hybridized carbons (Fsp3) is 0.318. The minimum atomic E-state index is 0.0435. The standard InChI is InChI=1S/C22H26N2O/c1-22(2,3)15-8-5-9-16-23-17-20-13-10-14-21(24-20)25-18-19-11-6-4-7-12-19/h4-7,9-14,23H,16-18H2,1-3H3/b9-5+. The molecule has 0 aliphatic heterocycles. The molecule has 2 aromatic rings. The lowest BCUT2D eigenvalue weighted by atomic mass is 9.98. The van der Waals surface area contributed by atoms with Crippen molar-refractivity contribution in [2.75, 3.05) is 6.54 Å². The van der Waals surface area contributed by atoms with Gasteiger partial charge in [-0.25, -0.2) is 4.98 Å². The number of hydrogen-bond donors (Lipinski definition) is 1. The van der Waals surface area contributed by atoms with Crippen LogP contribution >= 0.6 is 0 Å². The van der Waals surface area contributed by atoms with E-state index >= 15 is 0 Å². The second-order valence-electron chi connectivity index (χ2n) is 6.79. The molecule has 0 aliphatic rings. The molecule has 0 amide bonds. The molecule has 0 radical (unpaired) electrons. The third kappa shape index (κ3) is 8.19. The van der Waals surface area contributed by atoms with E-state index in [2.05, 4.69) is 42.9 Å². The molecule has 1 heterocycles. The van der Waals surface area contributed by atoms with Crippen LogP contribution in [0.4, 0.5) is 0 Å². The lowest BCUT2D eigenvalue weighted by Gasteiger charge is -2.07. The first-order valence-electron chi connectivity index (χ1n) is 8.54. The Hall–Kier alpha value is -2.57. The Bertz CT molecular complexity index is 734. The van der Waals surface area contributed by atoms with E-state index in [0.717, 1.165) is 17.8 Å². The van der Waals surface area contributed by atoms with Gasteiger partial charge in [0.25, 0.3) is 0 Å². The number of hydrogen-bond acceptors (Lipinski definition) is 3. The van der Waals surface area contributed by atoms with Crippen LogP contribution < -0.4 is 10.1 Å². The molecule has 0 fully saturated rings. The molecule has 0 spiro atoms. The molecule has 1 aromatic heterocycles. The summed E-state index contributed by atoms with van der Waals surface area (Å²) < 4.78 is 5.75. The first kappa shape index (κ1) is 18.8. The largest absolute Gasteiger partial charge is 0.473 e. The topological polar surface area (TPSA) is 34.1 Å². The summed E-state index contributed by atoms with van der Waals surface area (Å²) in [6.07, 6.45) is 3.92. The van der Waals surface area contributed by atoms with Crippen molar-refractivity contribution in [3.8, 4) is 17.7 Å². The van der Waals surface area contributed by atoms with Crippen LogP contribution in [0, 0.1) is 17.3 Å². The zero-order chi connectivity index (χ0) is 18.0. The average Bonchev–Trinajstić information content (AvgIpc) is 2.59. The van der Waals surface area contributed by atoms with Gasteiger partial charge in [0.05, 0.1) is 5.69 Å². The van der Waals surface area contributed by atoms with Crippen molar-refractivity contribution in [3.63, 3.8) is 0 Å². The Balaban J connectivity index is 1.75. The maximum atomic E-state index is 5.75. The number of benzene rings is 1. The normalized spacial score (nSPS) is 11.2. The number of allylic oxidation sites excluding steroid dienone is 1. The van der Waals surface area contributed by atoms with Gasteiger partial charge < -0.3 is 10.1 Å². The number of nitrogens with zero attached hydrogens (tertiary/aromatic N) is 1. The fourth-order valence-electron chi connectivity index (χ4n) is 2.03. The zero-order valence-electron chi connectivity index (χ0n) is 15.3. The van der Waals surface area contributed by atoms with Gasteiger partial charge in [0, 0.05) is 24.6 Å². The molecule has 3 heteroatoms. The highest BCUT2D eigenvalue weighted by Gasteiger charge is 2.02. The zero-order valence-corrected chi connectivity index (χ0v) is 15.3. The molecule has 130 valence electrons. The Labute approximate surface area is 151 Å². The van der Waals surface area contributed by atoms with E-state index in [1.807, 2.05) is 60.7 Å². The lowest BCUT2D eigenvalue weighted by molar-refractivity contribution is 0.293. The molecule has 0 atom stereocenters. The first-order chi connectivity index (χ1) is 12.0. The average molecular weight is 334 g/mol. The predicted octanol–water partition coefficient (Wildman–Crippen LogP) is 4.36. The number of pyridine rings is 1. The van der Waals surface area contributed by atoms with E-state index in [1.54, 1.807) is 0 Å². The maximum absolute atomic E-state index is 5.75. The summed E-state index contributed by atoms with van der Waals surface area (Å²) in [7, 11) is 0. The van der Waals surface area contributed by atoms with E-state index in [0.29, 0.717) is 19.0 Å². The first-order valence-corrected chi connectivity index (χ1v) is 8.54. The molecular weight excluding hydrogens is 308 g/mol. The van der Waals surface area contributed by atoms with Gasteiger partial charge in [-0.2, -0.15) is 0 Å². The fourth-order valence-corrected chi connectivity index (χ4v) is 2.03. The van der Waals surface area contributed by atoms with Crippen LogP contribution in [0.1, 0.15) is 32.0 Å². The highest BCUT2D eigenvalue weighted by molar-refractivity contribution is 5.20. The second-order valence-corrected chi connectivity index (χ2v) is 6.79. The monoisotopic (exact) mass is 334 g/mol. The minimum Gasteiger partial charge on any atom is -0.473 e. The SMILES string of the molecule is CC(C)(C)C#C/C=C/CNCc1cccc(OCc2ccccc2)n1. The Morgan fingerprint density at radius 3 is 2.64 bits per heavy atom. The number of aromatic nitrogens is 1. The van der Waals surface area contributed by atoms with Crippen LogP contribution in [-0.2, 0) is 13.2 Å². The van der Waals surface area contributed by atoms with Gasteiger partial charge in [-0.1, -0.05) is 54.3 Å². The molecule has 3 nitrogen and oxygen atoms in total. The Morgan fingerprint density at radius 2 is 1.88 bits per heavy atom. The van der Waals surface area contributed by atoms with E-state index < -0.39 is 0 Å². The van der Waals surface area contributed by atoms with Crippen molar-refractivity contribution in [1.29, 1.82) is 0 Å². The van der Waals surface area contributed by atoms with Crippen molar-refractivity contribution < 1.29 is 4.74 Å². The van der Waals surface area contributed by atoms with Gasteiger partial charge >= 0.3 is 0 Å². The van der Waals surface area contributed by atoms with E-state index in [4.69, 9.17) is 4.74 Å². The van der Waals surface area contributed by atoms with Crippen LogP contribution in [-0.4, -0.2) is 11.5 Å². The summed E-state index contributed by atoms with van der Waals surface area (Å²) in [5.74, 6) is 6.88. The molecule has 0 saturated carbocycles. The molecule has 0 bridgehead atoms. The summed E-state index contributed by atoms with van der Waals surface area (Å²) in [6.45, 7) is 8.29. The summed E-state index contributed by atoms with van der Waals surface area (Å²) in [4.78, 5) is 4.52. The molecule has 0 aliphatic carbocycles. The lowest BCUT2D eigenvalue weighted by Crippen LogP contribution is -2.14. The van der Waals surface area contributed by atoms with Crippen LogP contribution in [0.15, 0.2) is 60.7 Å². The van der Waals surface area contributed by atoms with Gasteiger partial charge in [-0.15, -0.1) is 0 Å². The van der Waals surface area contributed by atoms with Crippen LogP contribution in [0.3, 0.4) is 0 Å². The molecule has 2 rings (SSSR count). The van der Waals surface area contributed by atoms with E-state index in [9.17, 15) is 0 Å². The van der Waals surface area contributed by atoms with E-state index in [1.165, 1.54) is 0 Å². The minimum absolute atomic E-state index is 0.0435. The van der Waals surface area contributed by atoms with Crippen molar-refractivity contribution >= 4 is 0 Å². The number of ether oxygens (including phenoxy) is 1. The quantitative estimate of drug-likeness (QED) is 0.603. The molecule has 25 heavy (non-hydrogen) atoms. The predicted molar refractivity (Wildman–Crippen MR) is 103 cm³/mol. The maximum Gasteiger partial charge on any atom is 0.213 e. The van der Waals surface area contributed by atoms with Crippen LogP contribution in [0.2, 0.25) is 0 Å². The van der Waals surface area contributed by atoms with Gasteiger partial charge in [-0.3, -0.25) is 0 Å². The van der Waals surface area contributed by atoms with Crippen molar-refractivity contribution in [1.82, 2.24) is 10.3 Å².